The van der Waals surface area contributed by atoms with Crippen molar-refractivity contribution in [2.24, 2.45) is 0 Å². The Morgan fingerprint density at radius 2 is 2.11 bits per heavy atom. The van der Waals surface area contributed by atoms with Crippen LogP contribution in [0.25, 0.3) is 0 Å². The molecule has 0 N–H and O–H groups in total. The number of amides is 1. The normalized spacial score (nSPS) is 17.1. The van der Waals surface area contributed by atoms with E-state index in [-0.39, 0.29) is 17.4 Å². The monoisotopic (exact) mass is 293 g/mol. The van der Waals surface area contributed by atoms with Gasteiger partial charge in [-0.2, -0.15) is 0 Å². The highest BCUT2D eigenvalue weighted by atomic mass is 32.2. The van der Waals surface area contributed by atoms with Crippen LogP contribution in [0.4, 0.5) is 5.69 Å². The molecular weight excluding hydrogens is 282 g/mol. The van der Waals surface area contributed by atoms with Gasteiger partial charge in [-0.3, -0.25) is 9.69 Å². The number of nitrogens with zero attached hydrogens (tertiary/aromatic N) is 1. The summed E-state index contributed by atoms with van der Waals surface area (Å²) in [6.45, 7) is 1.98. The van der Waals surface area contributed by atoms with Gasteiger partial charge in [-0.05, 0) is 19.1 Å². The van der Waals surface area contributed by atoms with Gasteiger partial charge < -0.3 is 4.74 Å². The van der Waals surface area contributed by atoms with Gasteiger partial charge in [0.1, 0.15) is 0 Å². The molecule has 98 valence electrons. The average molecular weight is 293 g/mol. The standard InChI is InChI=1S/C13H11NO3S2/c1-2-17-11(15)8-10-12(16)14(13(18)19-10)9-6-4-3-5-7-9/h3-8H,2H2,1H3/b10-8+. The van der Waals surface area contributed by atoms with Crippen molar-refractivity contribution in [2.75, 3.05) is 11.5 Å². The lowest BCUT2D eigenvalue weighted by Crippen LogP contribution is -2.27. The molecule has 0 radical (unpaired) electrons. The van der Waals surface area contributed by atoms with Crippen molar-refractivity contribution in [1.82, 2.24) is 0 Å². The number of hydrogen-bond donors (Lipinski definition) is 0. The first kappa shape index (κ1) is 13.8. The fraction of sp³-hybridized carbons (Fsp3) is 0.154. The zero-order valence-electron chi connectivity index (χ0n) is 10.2. The molecule has 19 heavy (non-hydrogen) atoms. The Kier molecular flexibility index (Phi) is 4.34. The van der Waals surface area contributed by atoms with E-state index >= 15 is 0 Å². The van der Waals surface area contributed by atoms with Crippen LogP contribution in [0.1, 0.15) is 6.92 Å². The number of anilines is 1. The number of carbonyl (C=O) groups is 2. The van der Waals surface area contributed by atoms with Crippen LogP contribution in [0.2, 0.25) is 0 Å². The van der Waals surface area contributed by atoms with Gasteiger partial charge in [0.2, 0.25) is 0 Å². The maximum absolute atomic E-state index is 12.2. The molecule has 1 heterocycles. The van der Waals surface area contributed by atoms with Gasteiger partial charge in [0.25, 0.3) is 5.91 Å². The summed E-state index contributed by atoms with van der Waals surface area (Å²) >= 11 is 6.27. The molecule has 0 bridgehead atoms. The highest BCUT2D eigenvalue weighted by Gasteiger charge is 2.33. The SMILES string of the molecule is CCOC(=O)/C=C1/SC(=S)N(c2ccccc2)C1=O. The summed E-state index contributed by atoms with van der Waals surface area (Å²) in [5.41, 5.74) is 0.692. The number of para-hydroxylation sites is 1. The fourth-order valence-electron chi connectivity index (χ4n) is 1.56. The summed E-state index contributed by atoms with van der Waals surface area (Å²) in [5.74, 6) is -0.828. The molecule has 1 amide bonds. The summed E-state index contributed by atoms with van der Waals surface area (Å²) in [4.78, 5) is 25.3. The van der Waals surface area contributed by atoms with Crippen LogP contribution in [0.15, 0.2) is 41.3 Å². The molecule has 1 aliphatic rings. The van der Waals surface area contributed by atoms with Crippen LogP contribution in [0.3, 0.4) is 0 Å². The van der Waals surface area contributed by atoms with E-state index in [1.165, 1.54) is 11.0 Å². The van der Waals surface area contributed by atoms with Gasteiger partial charge in [0.05, 0.1) is 17.2 Å². The zero-order valence-corrected chi connectivity index (χ0v) is 11.8. The Balaban J connectivity index is 2.24. The molecule has 0 saturated carbocycles. The number of esters is 1. The van der Waals surface area contributed by atoms with E-state index < -0.39 is 5.97 Å². The fourth-order valence-corrected chi connectivity index (χ4v) is 2.82. The lowest BCUT2D eigenvalue weighted by Gasteiger charge is -2.13. The minimum absolute atomic E-state index is 0.272. The van der Waals surface area contributed by atoms with E-state index in [0.717, 1.165) is 11.8 Å². The molecule has 1 aromatic carbocycles. The van der Waals surface area contributed by atoms with Crippen LogP contribution in [-0.2, 0) is 14.3 Å². The van der Waals surface area contributed by atoms with Crippen LogP contribution < -0.4 is 4.90 Å². The molecule has 1 fully saturated rings. The number of thioether (sulfide) groups is 1. The molecule has 4 nitrogen and oxygen atoms in total. The molecule has 6 heteroatoms. The van der Waals surface area contributed by atoms with Crippen LogP contribution in [0, 0.1) is 0 Å². The van der Waals surface area contributed by atoms with Crippen molar-refractivity contribution in [3.05, 3.63) is 41.3 Å². The predicted molar refractivity (Wildman–Crippen MR) is 78.8 cm³/mol. The largest absolute Gasteiger partial charge is 0.463 e. The van der Waals surface area contributed by atoms with Crippen molar-refractivity contribution in [2.45, 2.75) is 6.92 Å². The van der Waals surface area contributed by atoms with E-state index in [4.69, 9.17) is 17.0 Å². The van der Waals surface area contributed by atoms with Crippen molar-refractivity contribution in [3.63, 3.8) is 0 Å². The van der Waals surface area contributed by atoms with E-state index in [1.54, 1.807) is 19.1 Å². The van der Waals surface area contributed by atoms with Crippen LogP contribution in [-0.4, -0.2) is 22.8 Å². The number of thiocarbonyl (C=S) groups is 1. The third-order valence-corrected chi connectivity index (χ3v) is 3.65. The van der Waals surface area contributed by atoms with E-state index in [2.05, 4.69) is 0 Å². The van der Waals surface area contributed by atoms with Crippen molar-refractivity contribution >= 4 is 45.9 Å². The summed E-state index contributed by atoms with van der Waals surface area (Å²) in [5, 5.41) is 0. The highest BCUT2D eigenvalue weighted by molar-refractivity contribution is 8.27. The zero-order chi connectivity index (χ0) is 13.8. The molecular formula is C13H11NO3S2. The molecule has 0 aromatic heterocycles. The maximum Gasteiger partial charge on any atom is 0.332 e. The molecule has 0 atom stereocenters. The van der Waals surface area contributed by atoms with E-state index in [1.807, 2.05) is 18.2 Å². The van der Waals surface area contributed by atoms with Gasteiger partial charge in [-0.25, -0.2) is 4.79 Å². The van der Waals surface area contributed by atoms with E-state index in [0.29, 0.717) is 10.0 Å². The third-order valence-electron chi connectivity index (χ3n) is 2.34. The van der Waals surface area contributed by atoms with Crippen molar-refractivity contribution in [1.29, 1.82) is 0 Å². The second-order valence-corrected chi connectivity index (χ2v) is 5.28. The van der Waals surface area contributed by atoms with Gasteiger partial charge >= 0.3 is 5.97 Å². The predicted octanol–water partition coefficient (Wildman–Crippen LogP) is 2.50. The second-order valence-electron chi connectivity index (χ2n) is 3.60. The molecule has 0 aliphatic carbocycles. The maximum atomic E-state index is 12.2. The first-order chi connectivity index (χ1) is 9.13. The number of rotatable bonds is 3. The van der Waals surface area contributed by atoms with Crippen LogP contribution >= 0.6 is 24.0 Å². The van der Waals surface area contributed by atoms with Gasteiger partial charge in [-0.15, -0.1) is 0 Å². The first-order valence-corrected chi connectivity index (χ1v) is 6.85. The summed E-state index contributed by atoms with van der Waals surface area (Å²) in [6, 6.07) is 9.08. The molecule has 0 spiro atoms. The molecule has 1 aromatic rings. The topological polar surface area (TPSA) is 46.6 Å². The Morgan fingerprint density at radius 3 is 2.74 bits per heavy atom. The molecule has 2 rings (SSSR count). The third kappa shape index (κ3) is 3.02. The number of hydrogen-bond acceptors (Lipinski definition) is 5. The van der Waals surface area contributed by atoms with Gasteiger partial charge in [-0.1, -0.05) is 42.2 Å². The second kappa shape index (κ2) is 5.99. The summed E-state index contributed by atoms with van der Waals surface area (Å²) in [6.07, 6.45) is 1.19. The Morgan fingerprint density at radius 1 is 1.42 bits per heavy atom. The Bertz CT molecular complexity index is 554. The van der Waals surface area contributed by atoms with Gasteiger partial charge in [0, 0.05) is 6.08 Å². The quantitative estimate of drug-likeness (QED) is 0.487. The molecule has 0 unspecified atom stereocenters. The summed E-state index contributed by atoms with van der Waals surface area (Å²) < 4.78 is 5.19. The lowest BCUT2D eigenvalue weighted by molar-refractivity contribution is -0.137. The highest BCUT2D eigenvalue weighted by Crippen LogP contribution is 2.34. The first-order valence-electron chi connectivity index (χ1n) is 5.63. The van der Waals surface area contributed by atoms with Crippen LogP contribution in [0.5, 0.6) is 0 Å². The average Bonchev–Trinajstić information content (AvgIpc) is 2.66. The Labute approximate surface area is 120 Å². The number of ether oxygens (including phenoxy) is 1. The smallest absolute Gasteiger partial charge is 0.332 e. The lowest BCUT2D eigenvalue weighted by atomic mass is 10.3. The summed E-state index contributed by atoms with van der Waals surface area (Å²) in [7, 11) is 0. The molecule has 1 saturated heterocycles. The molecule has 1 aliphatic heterocycles. The minimum atomic E-state index is -0.531. The van der Waals surface area contributed by atoms with E-state index in [9.17, 15) is 9.59 Å². The van der Waals surface area contributed by atoms with Gasteiger partial charge in [0.15, 0.2) is 4.32 Å². The number of benzene rings is 1. The minimum Gasteiger partial charge on any atom is -0.463 e. The number of carbonyl (C=O) groups excluding carboxylic acids is 2. The Hall–Kier alpha value is -1.66. The van der Waals surface area contributed by atoms with Crippen molar-refractivity contribution in [3.8, 4) is 0 Å². The van der Waals surface area contributed by atoms with Crippen molar-refractivity contribution < 1.29 is 14.3 Å².